The summed E-state index contributed by atoms with van der Waals surface area (Å²) in [5.41, 5.74) is 2.92. The second-order valence-electron chi connectivity index (χ2n) is 2.77. The summed E-state index contributed by atoms with van der Waals surface area (Å²) in [6, 6.07) is 0. The Balaban J connectivity index is 2.73. The van der Waals surface area contributed by atoms with Crippen LogP contribution in [0.3, 0.4) is 0 Å². The normalized spacial score (nSPS) is 27.9. The summed E-state index contributed by atoms with van der Waals surface area (Å²) in [6.45, 7) is 3.86. The zero-order valence-electron chi connectivity index (χ0n) is 7.13. The van der Waals surface area contributed by atoms with Crippen molar-refractivity contribution < 1.29 is 9.53 Å². The standard InChI is InChI=1S/C9H11ClO2/c1-3-6(2)8-4-7(5-10)9(11)12-8/h3,5,8H,4H2,1-2H3/b6-3-,7-5-. The summed E-state index contributed by atoms with van der Waals surface area (Å²) in [4.78, 5) is 11.0. The van der Waals surface area contributed by atoms with Gasteiger partial charge < -0.3 is 4.74 Å². The second-order valence-corrected chi connectivity index (χ2v) is 2.98. The molecule has 2 nitrogen and oxygen atoms in total. The van der Waals surface area contributed by atoms with Crippen molar-refractivity contribution in [3.05, 3.63) is 22.8 Å². The molecular formula is C9H11ClO2. The molecule has 0 bridgehead atoms. The number of hydrogen-bond donors (Lipinski definition) is 0. The molecule has 1 fully saturated rings. The highest BCUT2D eigenvalue weighted by molar-refractivity contribution is 6.27. The lowest BCUT2D eigenvalue weighted by Gasteiger charge is -2.07. The number of carbonyl (C=O) groups excluding carboxylic acids is 1. The monoisotopic (exact) mass is 186 g/mol. The molecule has 1 atom stereocenters. The maximum Gasteiger partial charge on any atom is 0.335 e. The van der Waals surface area contributed by atoms with E-state index in [9.17, 15) is 4.79 Å². The van der Waals surface area contributed by atoms with Crippen molar-refractivity contribution in [2.45, 2.75) is 26.4 Å². The van der Waals surface area contributed by atoms with Gasteiger partial charge in [-0.25, -0.2) is 4.79 Å². The van der Waals surface area contributed by atoms with Gasteiger partial charge in [-0.2, -0.15) is 0 Å². The SMILES string of the molecule is C/C=C(/C)C1C/C(=C/Cl)C(=O)O1. The van der Waals surface area contributed by atoms with Gasteiger partial charge >= 0.3 is 5.97 Å². The number of allylic oxidation sites excluding steroid dienone is 1. The molecule has 1 saturated heterocycles. The smallest absolute Gasteiger partial charge is 0.335 e. The van der Waals surface area contributed by atoms with Crippen LogP contribution < -0.4 is 0 Å². The lowest BCUT2D eigenvalue weighted by atomic mass is 10.1. The van der Waals surface area contributed by atoms with Crippen LogP contribution in [0.2, 0.25) is 0 Å². The van der Waals surface area contributed by atoms with Crippen molar-refractivity contribution in [1.29, 1.82) is 0 Å². The second kappa shape index (κ2) is 3.76. The Kier molecular flexibility index (Phi) is 2.93. The van der Waals surface area contributed by atoms with Crippen molar-refractivity contribution in [3.8, 4) is 0 Å². The Morgan fingerprint density at radius 3 is 2.83 bits per heavy atom. The average molecular weight is 187 g/mol. The molecule has 1 rings (SSSR count). The van der Waals surface area contributed by atoms with E-state index in [0.717, 1.165) is 5.57 Å². The van der Waals surface area contributed by atoms with E-state index in [4.69, 9.17) is 16.3 Å². The van der Waals surface area contributed by atoms with Crippen molar-refractivity contribution >= 4 is 17.6 Å². The van der Waals surface area contributed by atoms with Crippen LogP contribution in [-0.4, -0.2) is 12.1 Å². The summed E-state index contributed by atoms with van der Waals surface area (Å²) in [6.07, 6.45) is 2.43. The molecule has 0 aromatic heterocycles. The highest BCUT2D eigenvalue weighted by Gasteiger charge is 2.29. The summed E-state index contributed by atoms with van der Waals surface area (Å²) >= 11 is 5.43. The molecule has 0 saturated carbocycles. The number of hydrogen-bond acceptors (Lipinski definition) is 2. The average Bonchev–Trinajstić information content (AvgIpc) is 2.45. The third kappa shape index (κ3) is 1.69. The third-order valence-electron chi connectivity index (χ3n) is 2.01. The molecule has 1 aliphatic rings. The fourth-order valence-electron chi connectivity index (χ4n) is 1.06. The molecule has 0 radical (unpaired) electrons. The highest BCUT2D eigenvalue weighted by atomic mass is 35.5. The predicted molar refractivity (Wildman–Crippen MR) is 47.9 cm³/mol. The fourth-order valence-corrected chi connectivity index (χ4v) is 1.24. The summed E-state index contributed by atoms with van der Waals surface area (Å²) in [7, 11) is 0. The van der Waals surface area contributed by atoms with Gasteiger partial charge in [-0.3, -0.25) is 0 Å². The lowest BCUT2D eigenvalue weighted by molar-refractivity contribution is -0.137. The van der Waals surface area contributed by atoms with Crippen molar-refractivity contribution in [2.24, 2.45) is 0 Å². The first-order valence-electron chi connectivity index (χ1n) is 3.82. The van der Waals surface area contributed by atoms with Crippen LogP contribution in [-0.2, 0) is 9.53 Å². The largest absolute Gasteiger partial charge is 0.454 e. The van der Waals surface area contributed by atoms with Gasteiger partial charge in [0.1, 0.15) is 6.10 Å². The maximum absolute atomic E-state index is 11.0. The van der Waals surface area contributed by atoms with E-state index in [1.807, 2.05) is 19.9 Å². The third-order valence-corrected chi connectivity index (χ3v) is 2.28. The zero-order chi connectivity index (χ0) is 9.14. The number of esters is 1. The van der Waals surface area contributed by atoms with Gasteiger partial charge in [-0.15, -0.1) is 0 Å². The van der Waals surface area contributed by atoms with Gasteiger partial charge in [0.25, 0.3) is 0 Å². The minimum Gasteiger partial charge on any atom is -0.454 e. The van der Waals surface area contributed by atoms with E-state index in [-0.39, 0.29) is 12.1 Å². The zero-order valence-corrected chi connectivity index (χ0v) is 7.89. The van der Waals surface area contributed by atoms with Gasteiger partial charge in [-0.05, 0) is 19.4 Å². The van der Waals surface area contributed by atoms with E-state index in [2.05, 4.69) is 0 Å². The molecular weight excluding hydrogens is 176 g/mol. The summed E-state index contributed by atoms with van der Waals surface area (Å²) in [5, 5.41) is 0. The van der Waals surface area contributed by atoms with Crippen LogP contribution in [0.1, 0.15) is 20.3 Å². The van der Waals surface area contributed by atoms with Gasteiger partial charge in [0.05, 0.1) is 5.57 Å². The first kappa shape index (κ1) is 9.33. The molecule has 1 aliphatic heterocycles. The summed E-state index contributed by atoms with van der Waals surface area (Å²) < 4.78 is 5.06. The molecule has 0 spiro atoms. The van der Waals surface area contributed by atoms with E-state index >= 15 is 0 Å². The maximum atomic E-state index is 11.0. The van der Waals surface area contributed by atoms with Crippen LogP contribution in [0.5, 0.6) is 0 Å². The molecule has 66 valence electrons. The molecule has 3 heteroatoms. The Bertz CT molecular complexity index is 253. The van der Waals surface area contributed by atoms with E-state index in [1.165, 1.54) is 5.54 Å². The number of carbonyl (C=O) groups is 1. The number of ether oxygens (including phenoxy) is 1. The Morgan fingerprint density at radius 1 is 1.75 bits per heavy atom. The van der Waals surface area contributed by atoms with Gasteiger partial charge in [0, 0.05) is 12.0 Å². The van der Waals surface area contributed by atoms with E-state index < -0.39 is 0 Å². The van der Waals surface area contributed by atoms with Gasteiger partial charge in [0.15, 0.2) is 0 Å². The molecule has 12 heavy (non-hydrogen) atoms. The number of cyclic esters (lactones) is 1. The molecule has 1 unspecified atom stereocenters. The van der Waals surface area contributed by atoms with Gasteiger partial charge in [0.2, 0.25) is 0 Å². The predicted octanol–water partition coefficient (Wildman–Crippen LogP) is 2.39. The molecule has 0 amide bonds. The molecule has 0 N–H and O–H groups in total. The molecule has 0 aromatic carbocycles. The first-order chi connectivity index (χ1) is 5.69. The van der Waals surface area contributed by atoms with Gasteiger partial charge in [-0.1, -0.05) is 17.7 Å². The van der Waals surface area contributed by atoms with E-state index in [1.54, 1.807) is 0 Å². The molecule has 1 heterocycles. The van der Waals surface area contributed by atoms with Crippen LogP contribution in [0.25, 0.3) is 0 Å². The minimum atomic E-state index is -0.295. The summed E-state index contributed by atoms with van der Waals surface area (Å²) in [5.74, 6) is -0.295. The van der Waals surface area contributed by atoms with Crippen molar-refractivity contribution in [2.75, 3.05) is 0 Å². The number of halogens is 1. The highest BCUT2D eigenvalue weighted by Crippen LogP contribution is 2.25. The number of rotatable bonds is 1. The molecule has 0 aliphatic carbocycles. The Morgan fingerprint density at radius 2 is 2.42 bits per heavy atom. The first-order valence-corrected chi connectivity index (χ1v) is 4.25. The van der Waals surface area contributed by atoms with Crippen LogP contribution in [0.15, 0.2) is 22.8 Å². The van der Waals surface area contributed by atoms with Crippen molar-refractivity contribution in [3.63, 3.8) is 0 Å². The van der Waals surface area contributed by atoms with Crippen LogP contribution in [0, 0.1) is 0 Å². The van der Waals surface area contributed by atoms with E-state index in [0.29, 0.717) is 12.0 Å². The van der Waals surface area contributed by atoms with Crippen LogP contribution >= 0.6 is 11.6 Å². The quantitative estimate of drug-likeness (QED) is 0.357. The molecule has 0 aromatic rings. The Hall–Kier alpha value is -0.760. The van der Waals surface area contributed by atoms with Crippen molar-refractivity contribution in [1.82, 2.24) is 0 Å². The fraction of sp³-hybridized carbons (Fsp3) is 0.444. The Labute approximate surface area is 76.9 Å². The minimum absolute atomic E-state index is 0.104. The lowest BCUT2D eigenvalue weighted by Crippen LogP contribution is -2.07. The van der Waals surface area contributed by atoms with Crippen LogP contribution in [0.4, 0.5) is 0 Å². The topological polar surface area (TPSA) is 26.3 Å².